The van der Waals surface area contributed by atoms with Crippen LogP contribution in [0.1, 0.15) is 13.3 Å². The predicted octanol–water partition coefficient (Wildman–Crippen LogP) is 2.32. The summed E-state index contributed by atoms with van der Waals surface area (Å²) in [6.07, 6.45) is 0.310. The molecule has 0 aliphatic rings. The van der Waals surface area contributed by atoms with Gasteiger partial charge in [-0.3, -0.25) is 9.59 Å². The number of benzene rings is 1. The number of rotatable bonds is 8. The average molecular weight is 297 g/mol. The highest BCUT2D eigenvalue weighted by molar-refractivity contribution is 7.99. The van der Waals surface area contributed by atoms with Gasteiger partial charge in [0.15, 0.2) is 0 Å². The predicted molar refractivity (Wildman–Crippen MR) is 80.2 cm³/mol. The minimum absolute atomic E-state index is 0.119. The standard InChI is InChI=1S/C14H19NO4S/c1-3-19-12-7-5-4-6-11(12)15-13(16)10-20-9-8-14(17)18-2/h4-7H,3,8-10H2,1-2H3,(H,15,16). The van der Waals surface area contributed by atoms with Crippen LogP contribution in [-0.2, 0) is 14.3 Å². The van der Waals surface area contributed by atoms with Crippen molar-refractivity contribution in [2.45, 2.75) is 13.3 Å². The number of para-hydroxylation sites is 2. The smallest absolute Gasteiger partial charge is 0.306 e. The van der Waals surface area contributed by atoms with Crippen molar-refractivity contribution in [3.05, 3.63) is 24.3 Å². The van der Waals surface area contributed by atoms with Crippen LogP contribution in [0, 0.1) is 0 Å². The fourth-order valence-corrected chi connectivity index (χ4v) is 2.17. The van der Waals surface area contributed by atoms with Crippen LogP contribution in [0.2, 0.25) is 0 Å². The molecule has 0 heterocycles. The van der Waals surface area contributed by atoms with Gasteiger partial charge in [0.05, 0.1) is 31.6 Å². The molecule has 0 saturated heterocycles. The van der Waals surface area contributed by atoms with Crippen molar-refractivity contribution >= 4 is 29.3 Å². The monoisotopic (exact) mass is 297 g/mol. The van der Waals surface area contributed by atoms with E-state index in [1.165, 1.54) is 18.9 Å². The molecule has 0 saturated carbocycles. The van der Waals surface area contributed by atoms with Crippen molar-refractivity contribution in [2.24, 2.45) is 0 Å². The van der Waals surface area contributed by atoms with Gasteiger partial charge in [-0.2, -0.15) is 11.8 Å². The number of methoxy groups -OCH3 is 1. The second kappa shape index (κ2) is 9.25. The van der Waals surface area contributed by atoms with E-state index in [0.29, 0.717) is 30.2 Å². The number of carbonyl (C=O) groups excluding carboxylic acids is 2. The molecule has 0 aromatic heterocycles. The fourth-order valence-electron chi connectivity index (χ4n) is 1.46. The molecule has 1 N–H and O–H groups in total. The molecule has 0 aliphatic carbocycles. The molecule has 6 heteroatoms. The summed E-state index contributed by atoms with van der Waals surface area (Å²) in [5, 5.41) is 2.80. The molecule has 0 unspecified atom stereocenters. The van der Waals surface area contributed by atoms with Crippen LogP contribution in [0.25, 0.3) is 0 Å². The summed E-state index contributed by atoms with van der Waals surface area (Å²) < 4.78 is 9.95. The molecule has 1 amide bonds. The topological polar surface area (TPSA) is 64.6 Å². The van der Waals surface area contributed by atoms with Crippen molar-refractivity contribution in [3.8, 4) is 5.75 Å². The first-order valence-electron chi connectivity index (χ1n) is 6.33. The average Bonchev–Trinajstić information content (AvgIpc) is 2.45. The molecule has 0 fully saturated rings. The molecule has 110 valence electrons. The highest BCUT2D eigenvalue weighted by Crippen LogP contribution is 2.23. The highest BCUT2D eigenvalue weighted by atomic mass is 32.2. The van der Waals surface area contributed by atoms with Gasteiger partial charge in [0.1, 0.15) is 5.75 Å². The van der Waals surface area contributed by atoms with Gasteiger partial charge in [-0.15, -0.1) is 0 Å². The lowest BCUT2D eigenvalue weighted by Gasteiger charge is -2.10. The van der Waals surface area contributed by atoms with Crippen LogP contribution < -0.4 is 10.1 Å². The maximum atomic E-state index is 11.8. The van der Waals surface area contributed by atoms with Crippen molar-refractivity contribution < 1.29 is 19.1 Å². The molecule has 1 aromatic carbocycles. The van der Waals surface area contributed by atoms with E-state index in [1.807, 2.05) is 25.1 Å². The third kappa shape index (κ3) is 5.97. The molecule has 20 heavy (non-hydrogen) atoms. The SMILES string of the molecule is CCOc1ccccc1NC(=O)CSCCC(=O)OC. The third-order valence-corrected chi connectivity index (χ3v) is 3.33. The number of carbonyl (C=O) groups is 2. The van der Waals surface area contributed by atoms with Gasteiger partial charge in [-0.25, -0.2) is 0 Å². The molecule has 0 spiro atoms. The summed E-state index contributed by atoms with van der Waals surface area (Å²) in [7, 11) is 1.35. The summed E-state index contributed by atoms with van der Waals surface area (Å²) in [6.45, 7) is 2.43. The zero-order valence-corrected chi connectivity index (χ0v) is 12.5. The lowest BCUT2D eigenvalue weighted by atomic mass is 10.3. The lowest BCUT2D eigenvalue weighted by Crippen LogP contribution is -2.15. The van der Waals surface area contributed by atoms with Crippen LogP contribution in [0.4, 0.5) is 5.69 Å². The molecule has 0 aliphatic heterocycles. The maximum Gasteiger partial charge on any atom is 0.306 e. The van der Waals surface area contributed by atoms with E-state index in [2.05, 4.69) is 10.1 Å². The van der Waals surface area contributed by atoms with Gasteiger partial charge in [0.2, 0.25) is 5.91 Å². The molecule has 0 radical (unpaired) electrons. The number of hydrogen-bond acceptors (Lipinski definition) is 5. The number of esters is 1. The lowest BCUT2D eigenvalue weighted by molar-refractivity contribution is -0.140. The Kier molecular flexibility index (Phi) is 7.57. The number of ether oxygens (including phenoxy) is 2. The normalized spacial score (nSPS) is 9.90. The Morgan fingerprint density at radius 3 is 2.75 bits per heavy atom. The summed E-state index contributed by atoms with van der Waals surface area (Å²) in [4.78, 5) is 22.7. The van der Waals surface area contributed by atoms with Crippen LogP contribution in [0.15, 0.2) is 24.3 Å². The van der Waals surface area contributed by atoms with Gasteiger partial charge in [-0.1, -0.05) is 12.1 Å². The molecular weight excluding hydrogens is 278 g/mol. The van der Waals surface area contributed by atoms with Crippen LogP contribution in [-0.4, -0.2) is 37.1 Å². The number of nitrogens with one attached hydrogen (secondary N) is 1. The fraction of sp³-hybridized carbons (Fsp3) is 0.429. The summed E-state index contributed by atoms with van der Waals surface area (Å²) >= 11 is 1.39. The Labute approximate surface area is 123 Å². The second-order valence-corrected chi connectivity index (χ2v) is 4.96. The Morgan fingerprint density at radius 1 is 1.30 bits per heavy atom. The van der Waals surface area contributed by atoms with Crippen LogP contribution >= 0.6 is 11.8 Å². The van der Waals surface area contributed by atoms with Crippen LogP contribution in [0.3, 0.4) is 0 Å². The zero-order chi connectivity index (χ0) is 14.8. The molecule has 5 nitrogen and oxygen atoms in total. The van der Waals surface area contributed by atoms with Gasteiger partial charge >= 0.3 is 5.97 Å². The first kappa shape index (κ1) is 16.4. The molecular formula is C14H19NO4S. The third-order valence-electron chi connectivity index (χ3n) is 2.37. The van der Waals surface area contributed by atoms with E-state index in [9.17, 15) is 9.59 Å². The Balaban J connectivity index is 2.37. The minimum atomic E-state index is -0.264. The Morgan fingerprint density at radius 2 is 2.05 bits per heavy atom. The largest absolute Gasteiger partial charge is 0.492 e. The van der Waals surface area contributed by atoms with Gasteiger partial charge in [0.25, 0.3) is 0 Å². The number of amides is 1. The van der Waals surface area contributed by atoms with Gasteiger partial charge in [0, 0.05) is 5.75 Å². The number of hydrogen-bond donors (Lipinski definition) is 1. The second-order valence-electron chi connectivity index (χ2n) is 3.86. The van der Waals surface area contributed by atoms with E-state index in [-0.39, 0.29) is 17.6 Å². The van der Waals surface area contributed by atoms with Gasteiger partial charge < -0.3 is 14.8 Å². The van der Waals surface area contributed by atoms with Crippen molar-refractivity contribution in [1.29, 1.82) is 0 Å². The Bertz CT molecular complexity index is 451. The van der Waals surface area contributed by atoms with Crippen molar-refractivity contribution in [2.75, 3.05) is 30.5 Å². The van der Waals surface area contributed by atoms with Crippen molar-refractivity contribution in [3.63, 3.8) is 0 Å². The summed E-state index contributed by atoms with van der Waals surface area (Å²) in [5.41, 5.74) is 0.660. The number of anilines is 1. The van der Waals surface area contributed by atoms with E-state index < -0.39 is 0 Å². The summed E-state index contributed by atoms with van der Waals surface area (Å²) in [6, 6.07) is 7.29. The molecule has 1 aromatic rings. The quantitative estimate of drug-likeness (QED) is 0.589. The molecule has 0 bridgehead atoms. The first-order valence-corrected chi connectivity index (χ1v) is 7.49. The van der Waals surface area contributed by atoms with E-state index in [4.69, 9.17) is 4.74 Å². The molecule has 1 rings (SSSR count). The van der Waals surface area contributed by atoms with Crippen molar-refractivity contribution in [1.82, 2.24) is 0 Å². The van der Waals surface area contributed by atoms with Gasteiger partial charge in [-0.05, 0) is 19.1 Å². The number of thioether (sulfide) groups is 1. The zero-order valence-electron chi connectivity index (χ0n) is 11.7. The van der Waals surface area contributed by atoms with Crippen LogP contribution in [0.5, 0.6) is 5.75 Å². The minimum Gasteiger partial charge on any atom is -0.492 e. The summed E-state index contributed by atoms with van der Waals surface area (Å²) in [5.74, 6) is 1.12. The van der Waals surface area contributed by atoms with E-state index in [1.54, 1.807) is 6.07 Å². The van der Waals surface area contributed by atoms with E-state index >= 15 is 0 Å². The maximum absolute atomic E-state index is 11.8. The van der Waals surface area contributed by atoms with E-state index in [0.717, 1.165) is 0 Å². The first-order chi connectivity index (χ1) is 9.67. The molecule has 0 atom stereocenters. The highest BCUT2D eigenvalue weighted by Gasteiger charge is 2.08. The Hall–Kier alpha value is -1.69.